The Kier molecular flexibility index (Phi) is 9.17. The number of carbonyl (C=O) groups is 1. The van der Waals surface area contributed by atoms with Crippen molar-refractivity contribution < 1.29 is 17.9 Å². The van der Waals surface area contributed by atoms with Crippen molar-refractivity contribution in [1.29, 1.82) is 0 Å². The zero-order valence-electron chi connectivity index (χ0n) is 21.4. The van der Waals surface area contributed by atoms with Gasteiger partial charge < -0.3 is 10.1 Å². The number of nitrogens with one attached hydrogen (secondary N) is 1. The Morgan fingerprint density at radius 3 is 2.39 bits per heavy atom. The van der Waals surface area contributed by atoms with E-state index in [2.05, 4.69) is 22.3 Å². The van der Waals surface area contributed by atoms with Crippen LogP contribution in [-0.4, -0.2) is 70.1 Å². The van der Waals surface area contributed by atoms with Crippen molar-refractivity contribution in [3.8, 4) is 0 Å². The van der Waals surface area contributed by atoms with E-state index in [1.165, 1.54) is 24.3 Å². The van der Waals surface area contributed by atoms with Gasteiger partial charge in [-0.3, -0.25) is 9.69 Å². The van der Waals surface area contributed by atoms with Gasteiger partial charge in [0.15, 0.2) is 0 Å². The highest BCUT2D eigenvalue weighted by Gasteiger charge is 2.34. The lowest BCUT2D eigenvalue weighted by Gasteiger charge is -2.40. The molecular formula is C28H39N3O4S. The van der Waals surface area contributed by atoms with Crippen molar-refractivity contribution >= 4 is 16.0 Å². The first-order chi connectivity index (χ1) is 17.4. The highest BCUT2D eigenvalue weighted by Crippen LogP contribution is 2.30. The predicted molar refractivity (Wildman–Crippen MR) is 141 cm³/mol. The normalized spacial score (nSPS) is 21.9. The van der Waals surface area contributed by atoms with Crippen LogP contribution < -0.4 is 5.32 Å². The van der Waals surface area contributed by atoms with Gasteiger partial charge in [0.25, 0.3) is 0 Å². The molecule has 1 unspecified atom stereocenters. The van der Waals surface area contributed by atoms with E-state index in [0.717, 1.165) is 50.4 Å². The number of hydrogen-bond acceptors (Lipinski definition) is 6. The zero-order valence-corrected chi connectivity index (χ0v) is 22.2. The molecule has 0 bridgehead atoms. The second kappa shape index (κ2) is 12.3. The van der Waals surface area contributed by atoms with Crippen molar-refractivity contribution in [2.75, 3.05) is 40.3 Å². The van der Waals surface area contributed by atoms with Crippen molar-refractivity contribution in [2.24, 2.45) is 11.8 Å². The smallest absolute Gasteiger partial charge is 0.308 e. The van der Waals surface area contributed by atoms with E-state index in [0.29, 0.717) is 11.4 Å². The Hall–Kier alpha value is -2.26. The molecule has 1 aliphatic heterocycles. The maximum Gasteiger partial charge on any atom is 0.308 e. The maximum absolute atomic E-state index is 13.2. The molecule has 8 heteroatoms. The number of carbonyl (C=O) groups excluding carboxylic acids is 1. The van der Waals surface area contributed by atoms with Crippen LogP contribution in [0.1, 0.15) is 43.6 Å². The third-order valence-electron chi connectivity index (χ3n) is 7.55. The first-order valence-electron chi connectivity index (χ1n) is 13.0. The van der Waals surface area contributed by atoms with Crippen molar-refractivity contribution in [2.45, 2.75) is 49.1 Å². The Labute approximate surface area is 215 Å². The molecule has 2 aliphatic rings. The quantitative estimate of drug-likeness (QED) is 0.436. The molecule has 0 amide bonds. The standard InChI is InChI=1S/C28H39N3O4S/c1-30(36(33,34)26-11-7-4-8-12-26)21-25(23-9-5-3-6-10-23)16-18-31-17-15-24(28(32)35-2)19-27(31)29-20-22-13-14-22/h3-12,22,24-25,27,29H,13-21H2,1-2H3/t24?,25-,27-/m0/s1. The van der Waals surface area contributed by atoms with Gasteiger partial charge in [-0.1, -0.05) is 48.5 Å². The summed E-state index contributed by atoms with van der Waals surface area (Å²) in [6.45, 7) is 3.03. The Morgan fingerprint density at radius 1 is 1.08 bits per heavy atom. The van der Waals surface area contributed by atoms with Crippen LogP contribution in [0.15, 0.2) is 65.6 Å². The maximum atomic E-state index is 13.2. The van der Waals surface area contributed by atoms with E-state index in [-0.39, 0.29) is 24.0 Å². The first-order valence-corrected chi connectivity index (χ1v) is 14.4. The number of hydrogen-bond donors (Lipinski definition) is 1. The summed E-state index contributed by atoms with van der Waals surface area (Å²) in [5.74, 6) is 0.606. The van der Waals surface area contributed by atoms with Crippen LogP contribution in [0, 0.1) is 11.8 Å². The van der Waals surface area contributed by atoms with Gasteiger partial charge >= 0.3 is 5.97 Å². The molecule has 1 N–H and O–H groups in total. The van der Waals surface area contributed by atoms with Crippen LogP contribution in [-0.2, 0) is 19.6 Å². The Morgan fingerprint density at radius 2 is 1.75 bits per heavy atom. The van der Waals surface area contributed by atoms with E-state index in [9.17, 15) is 13.2 Å². The van der Waals surface area contributed by atoms with Crippen LogP contribution in [0.3, 0.4) is 0 Å². The minimum absolute atomic E-state index is 0.0529. The highest BCUT2D eigenvalue weighted by atomic mass is 32.2. The highest BCUT2D eigenvalue weighted by molar-refractivity contribution is 7.89. The van der Waals surface area contributed by atoms with Crippen LogP contribution in [0.25, 0.3) is 0 Å². The molecule has 2 aromatic rings. The van der Waals surface area contributed by atoms with Crippen molar-refractivity contribution in [3.05, 3.63) is 66.2 Å². The molecule has 2 fully saturated rings. The van der Waals surface area contributed by atoms with E-state index < -0.39 is 10.0 Å². The monoisotopic (exact) mass is 513 g/mol. The average Bonchev–Trinajstić information content (AvgIpc) is 3.75. The van der Waals surface area contributed by atoms with Gasteiger partial charge in [0.1, 0.15) is 0 Å². The second-order valence-electron chi connectivity index (χ2n) is 10.1. The van der Waals surface area contributed by atoms with Gasteiger partial charge in [-0.2, -0.15) is 0 Å². The van der Waals surface area contributed by atoms with Crippen LogP contribution in [0.5, 0.6) is 0 Å². The Balaban J connectivity index is 1.45. The number of ether oxygens (including phenoxy) is 1. The molecule has 4 rings (SSSR count). The summed E-state index contributed by atoms with van der Waals surface area (Å²) < 4.78 is 32.9. The number of esters is 1. The van der Waals surface area contributed by atoms with Crippen LogP contribution >= 0.6 is 0 Å². The molecule has 2 aromatic carbocycles. The summed E-state index contributed by atoms with van der Waals surface area (Å²) in [6, 6.07) is 18.8. The summed E-state index contributed by atoms with van der Waals surface area (Å²) in [6.07, 6.45) is 5.04. The number of methoxy groups -OCH3 is 1. The fourth-order valence-corrected chi connectivity index (χ4v) is 6.33. The SMILES string of the molecule is COC(=O)C1CCN(CC[C@@H](CN(C)S(=O)(=O)c2ccccc2)c2ccccc2)[C@H](NCC2CC2)C1. The largest absolute Gasteiger partial charge is 0.469 e. The number of rotatable bonds is 12. The number of likely N-dealkylation sites (tertiary alicyclic amines) is 1. The number of piperidine rings is 1. The van der Waals surface area contributed by atoms with Crippen molar-refractivity contribution in [3.63, 3.8) is 0 Å². The molecule has 196 valence electrons. The van der Waals surface area contributed by atoms with Gasteiger partial charge in [-0.05, 0) is 68.2 Å². The molecule has 1 saturated carbocycles. The van der Waals surface area contributed by atoms with Crippen LogP contribution in [0.2, 0.25) is 0 Å². The predicted octanol–water partition coefficient (Wildman–Crippen LogP) is 3.69. The lowest BCUT2D eigenvalue weighted by atomic mass is 9.92. The minimum atomic E-state index is -3.57. The van der Waals surface area contributed by atoms with E-state index in [1.54, 1.807) is 31.3 Å². The van der Waals surface area contributed by atoms with E-state index in [1.807, 2.05) is 24.3 Å². The lowest BCUT2D eigenvalue weighted by Crippen LogP contribution is -2.53. The minimum Gasteiger partial charge on any atom is -0.469 e. The zero-order chi connectivity index (χ0) is 25.5. The topological polar surface area (TPSA) is 79.0 Å². The third kappa shape index (κ3) is 6.94. The fraction of sp³-hybridized carbons (Fsp3) is 0.536. The molecule has 1 saturated heterocycles. The van der Waals surface area contributed by atoms with Gasteiger partial charge in [-0.25, -0.2) is 12.7 Å². The molecule has 7 nitrogen and oxygen atoms in total. The van der Waals surface area contributed by atoms with E-state index >= 15 is 0 Å². The van der Waals surface area contributed by atoms with Gasteiger partial charge in [0.2, 0.25) is 10.0 Å². The fourth-order valence-electron chi connectivity index (χ4n) is 5.09. The molecule has 1 aliphatic carbocycles. The number of nitrogens with zero attached hydrogens (tertiary/aromatic N) is 2. The lowest BCUT2D eigenvalue weighted by molar-refractivity contribution is -0.148. The summed E-state index contributed by atoms with van der Waals surface area (Å²) in [7, 11) is -0.440. The summed E-state index contributed by atoms with van der Waals surface area (Å²) in [5.41, 5.74) is 1.14. The first kappa shape index (κ1) is 26.8. The third-order valence-corrected chi connectivity index (χ3v) is 9.39. The van der Waals surface area contributed by atoms with E-state index in [4.69, 9.17) is 4.74 Å². The molecular weight excluding hydrogens is 474 g/mol. The molecule has 36 heavy (non-hydrogen) atoms. The number of sulfonamides is 1. The van der Waals surface area contributed by atoms with Gasteiger partial charge in [0, 0.05) is 26.7 Å². The number of benzene rings is 2. The van der Waals surface area contributed by atoms with Gasteiger partial charge in [0.05, 0.1) is 24.1 Å². The summed E-state index contributed by atoms with van der Waals surface area (Å²) >= 11 is 0. The van der Waals surface area contributed by atoms with Crippen LogP contribution in [0.4, 0.5) is 0 Å². The average molecular weight is 514 g/mol. The van der Waals surface area contributed by atoms with Crippen molar-refractivity contribution in [1.82, 2.24) is 14.5 Å². The summed E-state index contributed by atoms with van der Waals surface area (Å²) in [4.78, 5) is 15.0. The molecule has 0 spiro atoms. The second-order valence-corrected chi connectivity index (χ2v) is 12.2. The molecule has 0 radical (unpaired) electrons. The Bertz CT molecular complexity index is 1080. The number of likely N-dealkylation sites (N-methyl/N-ethyl adjacent to an activating group) is 1. The van der Waals surface area contributed by atoms with Gasteiger partial charge in [-0.15, -0.1) is 0 Å². The molecule has 1 heterocycles. The molecule has 3 atom stereocenters. The molecule has 0 aromatic heterocycles. The summed E-state index contributed by atoms with van der Waals surface area (Å²) in [5, 5.41) is 3.70.